The first-order valence-corrected chi connectivity index (χ1v) is 20.1. The molecular weight excluding hydrogens is 739 g/mol. The summed E-state index contributed by atoms with van der Waals surface area (Å²) in [5, 5.41) is 12.9. The molecule has 1 saturated carbocycles. The highest BCUT2D eigenvalue weighted by Crippen LogP contribution is 2.44. The number of thioether (sulfide) groups is 1. The van der Waals surface area contributed by atoms with Crippen LogP contribution in [0.3, 0.4) is 0 Å². The van der Waals surface area contributed by atoms with Crippen LogP contribution in [0.25, 0.3) is 16.3 Å². The molecule has 2 aliphatic heterocycles. The zero-order valence-electron chi connectivity index (χ0n) is 30.0. The number of amides is 3. The van der Waals surface area contributed by atoms with E-state index in [9.17, 15) is 24.5 Å². The fourth-order valence-electron chi connectivity index (χ4n) is 7.14. The number of carbonyl (C=O) groups is 3. The van der Waals surface area contributed by atoms with Crippen LogP contribution < -0.4 is 9.80 Å². The van der Waals surface area contributed by atoms with Crippen molar-refractivity contribution in [2.45, 2.75) is 62.6 Å². The van der Waals surface area contributed by atoms with Crippen molar-refractivity contribution in [1.29, 1.82) is 0 Å². The van der Waals surface area contributed by atoms with Gasteiger partial charge in [-0.1, -0.05) is 42.8 Å². The summed E-state index contributed by atoms with van der Waals surface area (Å²) in [5.74, 6) is -1.01. The monoisotopic (exact) mass is 773 g/mol. The molecule has 0 bridgehead atoms. The zero-order chi connectivity index (χ0) is 37.8. The molecular formula is C41H35N5O5S3. The molecule has 5 aromatic rings. The Morgan fingerprint density at radius 3 is 2.17 bits per heavy atom. The predicted molar refractivity (Wildman–Crippen MR) is 217 cm³/mol. The van der Waals surface area contributed by atoms with Gasteiger partial charge in [-0.05, 0) is 135 Å². The Morgan fingerprint density at radius 1 is 0.815 bits per heavy atom. The summed E-state index contributed by atoms with van der Waals surface area (Å²) in [7, 11) is 0. The van der Waals surface area contributed by atoms with Gasteiger partial charge in [0.25, 0.3) is 11.6 Å². The van der Waals surface area contributed by atoms with E-state index in [4.69, 9.17) is 9.98 Å². The number of nitro benzene ring substituents is 1. The molecule has 3 fully saturated rings. The fraction of sp³-hybridized carbons (Fsp3) is 0.244. The molecule has 10 nitrogen and oxygen atoms in total. The van der Waals surface area contributed by atoms with Crippen LogP contribution in [0, 0.1) is 49.6 Å². The van der Waals surface area contributed by atoms with Gasteiger partial charge in [0.05, 0.1) is 53.8 Å². The Labute approximate surface area is 324 Å². The second-order valence-electron chi connectivity index (χ2n) is 13.9. The molecule has 0 radical (unpaired) electrons. The van der Waals surface area contributed by atoms with E-state index in [0.29, 0.717) is 41.8 Å². The first-order chi connectivity index (χ1) is 25.9. The van der Waals surface area contributed by atoms with Crippen molar-refractivity contribution in [3.8, 4) is 0 Å². The van der Waals surface area contributed by atoms with E-state index in [2.05, 4.69) is 0 Å². The van der Waals surface area contributed by atoms with E-state index in [-0.39, 0.29) is 35.2 Å². The number of rotatable bonds is 7. The lowest BCUT2D eigenvalue weighted by Gasteiger charge is -2.19. The average molecular weight is 774 g/mol. The minimum atomic E-state index is -0.433. The van der Waals surface area contributed by atoms with Gasteiger partial charge in [-0.3, -0.25) is 34.3 Å². The van der Waals surface area contributed by atoms with Gasteiger partial charge in [-0.15, -0.1) is 11.3 Å². The second-order valence-corrected chi connectivity index (χ2v) is 17.2. The van der Waals surface area contributed by atoms with Gasteiger partial charge < -0.3 is 0 Å². The number of aryl methyl sites for hydroxylation is 4. The molecule has 2 saturated heterocycles. The van der Waals surface area contributed by atoms with Crippen molar-refractivity contribution < 1.29 is 19.3 Å². The number of aromatic nitrogens is 1. The number of imide groups is 1. The third-order valence-corrected chi connectivity index (χ3v) is 13.5. The number of thiazole rings is 1. The van der Waals surface area contributed by atoms with E-state index < -0.39 is 4.92 Å². The van der Waals surface area contributed by atoms with Gasteiger partial charge in [0.15, 0.2) is 9.51 Å². The summed E-state index contributed by atoms with van der Waals surface area (Å²) in [6.07, 6.45) is 5.07. The number of aliphatic imine (C=N–C) groups is 1. The molecule has 54 heavy (non-hydrogen) atoms. The highest BCUT2D eigenvalue weighted by Gasteiger charge is 2.48. The number of hydrogen-bond donors (Lipinski definition) is 0. The maximum absolute atomic E-state index is 14.0. The van der Waals surface area contributed by atoms with Crippen molar-refractivity contribution in [3.05, 3.63) is 116 Å². The van der Waals surface area contributed by atoms with Gasteiger partial charge >= 0.3 is 0 Å². The van der Waals surface area contributed by atoms with E-state index in [0.717, 1.165) is 58.3 Å². The lowest BCUT2D eigenvalue weighted by atomic mass is 9.81. The zero-order valence-corrected chi connectivity index (χ0v) is 32.4. The maximum Gasteiger partial charge on any atom is 0.283 e. The molecule has 0 unspecified atom stereocenters. The fourth-order valence-corrected chi connectivity index (χ4v) is 10.3. The Morgan fingerprint density at radius 2 is 1.48 bits per heavy atom. The number of fused-ring (bicyclic) bond motifs is 2. The number of benzene rings is 4. The van der Waals surface area contributed by atoms with Crippen LogP contribution in [0.2, 0.25) is 0 Å². The van der Waals surface area contributed by atoms with Crippen molar-refractivity contribution in [3.63, 3.8) is 0 Å². The first-order valence-electron chi connectivity index (χ1n) is 17.7. The summed E-state index contributed by atoms with van der Waals surface area (Å²) in [4.78, 5) is 65.7. The lowest BCUT2D eigenvalue weighted by Crippen LogP contribution is -2.30. The minimum absolute atomic E-state index is 0.115. The third-order valence-electron chi connectivity index (χ3n) is 10.4. The molecule has 272 valence electrons. The van der Waals surface area contributed by atoms with Gasteiger partial charge in [-0.25, -0.2) is 9.98 Å². The molecule has 13 heteroatoms. The summed E-state index contributed by atoms with van der Waals surface area (Å²) in [5.41, 5.74) is 7.40. The van der Waals surface area contributed by atoms with Crippen LogP contribution in [0.4, 0.5) is 22.7 Å². The minimum Gasteiger partial charge on any atom is -0.274 e. The molecule has 3 amide bonds. The van der Waals surface area contributed by atoms with Gasteiger partial charge in [0.1, 0.15) is 0 Å². The Balaban J connectivity index is 1.08. The highest BCUT2D eigenvalue weighted by atomic mass is 32.2. The Kier molecular flexibility index (Phi) is 9.49. The van der Waals surface area contributed by atoms with Crippen LogP contribution >= 0.6 is 34.9 Å². The molecule has 4 aromatic carbocycles. The van der Waals surface area contributed by atoms with Crippen LogP contribution in [0.5, 0.6) is 0 Å². The van der Waals surface area contributed by atoms with Crippen LogP contribution in [-0.4, -0.2) is 32.8 Å². The third kappa shape index (κ3) is 6.65. The highest BCUT2D eigenvalue weighted by molar-refractivity contribution is 8.19. The van der Waals surface area contributed by atoms with E-state index in [1.54, 1.807) is 35.2 Å². The summed E-state index contributed by atoms with van der Waals surface area (Å²) in [6.45, 7) is 8.07. The maximum atomic E-state index is 14.0. The largest absolute Gasteiger partial charge is 0.283 e. The van der Waals surface area contributed by atoms with Crippen molar-refractivity contribution in [2.75, 3.05) is 9.80 Å². The smallest absolute Gasteiger partial charge is 0.274 e. The number of nitro groups is 1. The van der Waals surface area contributed by atoms with Crippen LogP contribution in [-0.2, 0) is 14.4 Å². The van der Waals surface area contributed by atoms with E-state index in [1.807, 2.05) is 70.2 Å². The first kappa shape index (κ1) is 35.9. The lowest BCUT2D eigenvalue weighted by molar-refractivity contribution is -0.387. The van der Waals surface area contributed by atoms with Gasteiger partial charge in [0, 0.05) is 6.07 Å². The summed E-state index contributed by atoms with van der Waals surface area (Å²) < 4.78 is 1.36. The summed E-state index contributed by atoms with van der Waals surface area (Å²) >= 11 is 3.75. The van der Waals surface area contributed by atoms with Crippen LogP contribution in [0.15, 0.2) is 91.9 Å². The average Bonchev–Trinajstić information content (AvgIpc) is 3.77. The number of anilines is 2. The second kappa shape index (κ2) is 14.3. The number of carbonyl (C=O) groups excluding carboxylic acids is 3. The molecule has 3 aliphatic rings. The Bertz CT molecular complexity index is 2470. The molecule has 1 aliphatic carbocycles. The normalized spacial score (nSPS) is 20.2. The quantitative estimate of drug-likeness (QED) is 0.0693. The van der Waals surface area contributed by atoms with Crippen molar-refractivity contribution in [1.82, 2.24) is 4.98 Å². The van der Waals surface area contributed by atoms with E-state index >= 15 is 0 Å². The molecule has 0 N–H and O–H groups in total. The molecule has 2 atom stereocenters. The summed E-state index contributed by atoms with van der Waals surface area (Å²) in [6, 6.07) is 22.0. The number of amidine groups is 1. The Hall–Kier alpha value is -5.11. The van der Waals surface area contributed by atoms with Crippen molar-refractivity contribution >= 4 is 96.8 Å². The molecule has 3 heterocycles. The molecule has 0 spiro atoms. The van der Waals surface area contributed by atoms with Crippen LogP contribution in [0.1, 0.15) is 53.5 Å². The number of nitrogens with zero attached hydrogens (tertiary/aromatic N) is 5. The SMILES string of the molecule is Cc1ccc(N=C2S/C(=C\c3ccc(Sc4nc5ccc(N6C(=O)[C@H]7CCCC[C@H]7C6=O)cc5s4)c([N+](=O)[O-])c3)C(=O)N2c2ccc(C)c(C)c2)cc1C. The molecule has 1 aromatic heterocycles. The molecule has 8 rings (SSSR count). The van der Waals surface area contributed by atoms with Crippen molar-refractivity contribution in [2.24, 2.45) is 16.8 Å². The standard InChI is InChI=1S/C41H35N5O5S3/c1-22-9-12-27(17-24(22)3)42-40-45(28-13-10-23(2)25(4)18-28)39(49)36(52-40)20-26-11-16-34(33(19-26)46(50)51)53-41-43-32-15-14-29(21-35(32)54-41)44-37(47)30-7-5-6-8-31(30)38(44)48/h9-21,30-31H,5-8H2,1-4H3/b36-20-,42-40?/t30-,31+. The van der Waals surface area contributed by atoms with Gasteiger partial charge in [0.2, 0.25) is 11.8 Å². The van der Waals surface area contributed by atoms with Gasteiger partial charge in [-0.2, -0.15) is 0 Å². The number of hydrogen-bond acceptors (Lipinski definition) is 10. The van der Waals surface area contributed by atoms with E-state index in [1.165, 1.54) is 45.8 Å². The topological polar surface area (TPSA) is 126 Å². The predicted octanol–water partition coefficient (Wildman–Crippen LogP) is 10.1.